The Morgan fingerprint density at radius 1 is 0.611 bits per heavy atom. The average molecular weight is 244 g/mol. The van der Waals surface area contributed by atoms with Crippen LogP contribution in [0.25, 0.3) is 11.1 Å². The standard InChI is InChI=1S/C12H8N2O4/c15-13(16)11-5-1-9(2-6-11)10-3-7-12(8-4-10)14(17)18/h1-8H. The number of rotatable bonds is 3. The van der Waals surface area contributed by atoms with Crippen molar-refractivity contribution in [2.75, 3.05) is 0 Å². The van der Waals surface area contributed by atoms with Crippen LogP contribution in [0.5, 0.6) is 0 Å². The molecule has 0 aliphatic rings. The van der Waals surface area contributed by atoms with Gasteiger partial charge in [0.05, 0.1) is 9.85 Å². The summed E-state index contributed by atoms with van der Waals surface area (Å²) in [6, 6.07) is 12.0. The second kappa shape index (κ2) is 4.62. The first-order valence-electron chi connectivity index (χ1n) is 5.07. The van der Waals surface area contributed by atoms with Gasteiger partial charge >= 0.3 is 0 Å². The van der Waals surface area contributed by atoms with Crippen LogP contribution in [-0.2, 0) is 0 Å². The van der Waals surface area contributed by atoms with Gasteiger partial charge in [-0.15, -0.1) is 0 Å². The van der Waals surface area contributed by atoms with Crippen LogP contribution < -0.4 is 0 Å². The molecule has 0 aliphatic heterocycles. The SMILES string of the molecule is O=[N+]([O-])c1ccc(-c2ccc([N+](=O)[O-])cc2)cc1. The van der Waals surface area contributed by atoms with E-state index in [1.165, 1.54) is 24.3 Å². The Balaban J connectivity index is 2.31. The molecule has 0 N–H and O–H groups in total. The van der Waals surface area contributed by atoms with E-state index in [4.69, 9.17) is 0 Å². The monoisotopic (exact) mass is 244 g/mol. The Bertz CT molecular complexity index is 535. The van der Waals surface area contributed by atoms with Crippen molar-refractivity contribution in [3.8, 4) is 11.1 Å². The number of benzene rings is 2. The summed E-state index contributed by atoms with van der Waals surface area (Å²) in [4.78, 5) is 20.1. The number of hydrogen-bond acceptors (Lipinski definition) is 4. The molecule has 0 unspecified atom stereocenters. The van der Waals surface area contributed by atoms with Gasteiger partial charge in [-0.25, -0.2) is 0 Å². The minimum atomic E-state index is -0.473. The largest absolute Gasteiger partial charge is 0.269 e. The van der Waals surface area contributed by atoms with Crippen LogP contribution in [0.2, 0.25) is 0 Å². The van der Waals surface area contributed by atoms with E-state index in [2.05, 4.69) is 0 Å². The molecule has 0 atom stereocenters. The Hall–Kier alpha value is -2.76. The van der Waals surface area contributed by atoms with Crippen molar-refractivity contribution in [2.24, 2.45) is 0 Å². The summed E-state index contributed by atoms with van der Waals surface area (Å²) in [5, 5.41) is 21.0. The first-order valence-corrected chi connectivity index (χ1v) is 5.07. The topological polar surface area (TPSA) is 86.3 Å². The zero-order chi connectivity index (χ0) is 13.1. The third-order valence-corrected chi connectivity index (χ3v) is 2.49. The third-order valence-electron chi connectivity index (χ3n) is 2.49. The van der Waals surface area contributed by atoms with Crippen LogP contribution >= 0.6 is 0 Å². The minimum Gasteiger partial charge on any atom is -0.258 e. The fourth-order valence-corrected chi connectivity index (χ4v) is 1.55. The number of nitro benzene ring substituents is 2. The molecule has 0 radical (unpaired) electrons. The Morgan fingerprint density at radius 2 is 0.889 bits per heavy atom. The van der Waals surface area contributed by atoms with Gasteiger partial charge in [0.25, 0.3) is 11.4 Å². The highest BCUT2D eigenvalue weighted by atomic mass is 16.6. The molecule has 6 nitrogen and oxygen atoms in total. The van der Waals surface area contributed by atoms with Gasteiger partial charge in [-0.1, -0.05) is 0 Å². The lowest BCUT2D eigenvalue weighted by Gasteiger charge is -2.00. The molecule has 0 bridgehead atoms. The summed E-state index contributed by atoms with van der Waals surface area (Å²) < 4.78 is 0. The fourth-order valence-electron chi connectivity index (χ4n) is 1.55. The number of nitrogens with zero attached hydrogens (tertiary/aromatic N) is 2. The summed E-state index contributed by atoms with van der Waals surface area (Å²) in [7, 11) is 0. The molecule has 2 rings (SSSR count). The zero-order valence-corrected chi connectivity index (χ0v) is 9.15. The highest BCUT2D eigenvalue weighted by Crippen LogP contribution is 2.24. The van der Waals surface area contributed by atoms with Crippen molar-refractivity contribution in [1.29, 1.82) is 0 Å². The quantitative estimate of drug-likeness (QED) is 0.612. The maximum Gasteiger partial charge on any atom is 0.269 e. The van der Waals surface area contributed by atoms with Gasteiger partial charge in [0.2, 0.25) is 0 Å². The molecule has 0 amide bonds. The zero-order valence-electron chi connectivity index (χ0n) is 9.15. The molecule has 2 aromatic carbocycles. The molecule has 2 aromatic rings. The second-order valence-electron chi connectivity index (χ2n) is 3.61. The van der Waals surface area contributed by atoms with Crippen LogP contribution in [0, 0.1) is 20.2 Å². The summed E-state index contributed by atoms with van der Waals surface area (Å²) in [6.07, 6.45) is 0. The molecular formula is C12H8N2O4. The highest BCUT2D eigenvalue weighted by Gasteiger charge is 2.07. The van der Waals surface area contributed by atoms with Gasteiger partial charge in [0.1, 0.15) is 0 Å². The Kier molecular flexibility index (Phi) is 3.01. The molecule has 0 fully saturated rings. The van der Waals surface area contributed by atoms with E-state index in [0.717, 1.165) is 11.1 Å². The molecule has 0 heterocycles. The first-order chi connectivity index (χ1) is 8.58. The van der Waals surface area contributed by atoms with Crippen LogP contribution in [0.15, 0.2) is 48.5 Å². The molecule has 18 heavy (non-hydrogen) atoms. The third kappa shape index (κ3) is 2.32. The van der Waals surface area contributed by atoms with Gasteiger partial charge < -0.3 is 0 Å². The Morgan fingerprint density at radius 3 is 1.11 bits per heavy atom. The summed E-state index contributed by atoms with van der Waals surface area (Å²) in [5.41, 5.74) is 1.58. The smallest absolute Gasteiger partial charge is 0.258 e. The van der Waals surface area contributed by atoms with Crippen LogP contribution in [0.1, 0.15) is 0 Å². The van der Waals surface area contributed by atoms with E-state index >= 15 is 0 Å². The van der Waals surface area contributed by atoms with Crippen molar-refractivity contribution in [3.63, 3.8) is 0 Å². The van der Waals surface area contributed by atoms with Gasteiger partial charge in [0.15, 0.2) is 0 Å². The van der Waals surface area contributed by atoms with E-state index in [1.54, 1.807) is 24.3 Å². The molecule has 0 aliphatic carbocycles. The van der Waals surface area contributed by atoms with Crippen molar-refractivity contribution >= 4 is 11.4 Å². The molecule has 90 valence electrons. The lowest BCUT2D eigenvalue weighted by Crippen LogP contribution is -1.88. The van der Waals surface area contributed by atoms with Gasteiger partial charge in [-0.05, 0) is 35.4 Å². The van der Waals surface area contributed by atoms with Gasteiger partial charge in [0, 0.05) is 24.3 Å². The summed E-state index contributed by atoms with van der Waals surface area (Å²) in [6.45, 7) is 0. The first kappa shape index (κ1) is 11.7. The van der Waals surface area contributed by atoms with Crippen molar-refractivity contribution in [1.82, 2.24) is 0 Å². The minimum absolute atomic E-state index is 0.0145. The average Bonchev–Trinajstić information content (AvgIpc) is 2.39. The van der Waals surface area contributed by atoms with E-state index < -0.39 is 9.85 Å². The maximum atomic E-state index is 10.5. The predicted molar refractivity (Wildman–Crippen MR) is 65.2 cm³/mol. The molecule has 0 saturated carbocycles. The second-order valence-corrected chi connectivity index (χ2v) is 3.61. The normalized spacial score (nSPS) is 10.0. The molecule has 0 saturated heterocycles. The number of nitro groups is 2. The van der Waals surface area contributed by atoms with Crippen molar-refractivity contribution in [2.45, 2.75) is 0 Å². The van der Waals surface area contributed by atoms with Crippen LogP contribution in [0.4, 0.5) is 11.4 Å². The molecular weight excluding hydrogens is 236 g/mol. The lowest BCUT2D eigenvalue weighted by molar-refractivity contribution is -0.385. The fraction of sp³-hybridized carbons (Fsp3) is 0. The molecule has 6 heteroatoms. The number of hydrogen-bond donors (Lipinski definition) is 0. The van der Waals surface area contributed by atoms with Crippen LogP contribution in [-0.4, -0.2) is 9.85 Å². The highest BCUT2D eigenvalue weighted by molar-refractivity contribution is 5.65. The van der Waals surface area contributed by atoms with E-state index in [0.29, 0.717) is 0 Å². The summed E-state index contributed by atoms with van der Waals surface area (Å²) in [5.74, 6) is 0. The van der Waals surface area contributed by atoms with E-state index in [-0.39, 0.29) is 11.4 Å². The lowest BCUT2D eigenvalue weighted by atomic mass is 10.1. The number of non-ortho nitro benzene ring substituents is 2. The van der Waals surface area contributed by atoms with Crippen LogP contribution in [0.3, 0.4) is 0 Å². The van der Waals surface area contributed by atoms with Crippen molar-refractivity contribution in [3.05, 3.63) is 68.8 Å². The molecule has 0 spiro atoms. The Labute approximate surface area is 102 Å². The predicted octanol–water partition coefficient (Wildman–Crippen LogP) is 3.17. The van der Waals surface area contributed by atoms with Gasteiger partial charge in [-0.2, -0.15) is 0 Å². The molecule has 0 aromatic heterocycles. The maximum absolute atomic E-state index is 10.5. The summed E-state index contributed by atoms with van der Waals surface area (Å²) >= 11 is 0. The van der Waals surface area contributed by atoms with E-state index in [1.807, 2.05) is 0 Å². The van der Waals surface area contributed by atoms with Crippen molar-refractivity contribution < 1.29 is 9.85 Å². The van der Waals surface area contributed by atoms with Gasteiger partial charge in [-0.3, -0.25) is 20.2 Å². The van der Waals surface area contributed by atoms with E-state index in [9.17, 15) is 20.2 Å².